The third-order valence-corrected chi connectivity index (χ3v) is 5.54. The number of carbonyl (C=O) groups is 2. The molecule has 0 saturated carbocycles. The third kappa shape index (κ3) is 6.24. The first-order valence-electron chi connectivity index (χ1n) is 10.9. The smallest absolute Gasteiger partial charge is 0.349 e. The van der Waals surface area contributed by atoms with Crippen molar-refractivity contribution in [1.29, 1.82) is 0 Å². The van der Waals surface area contributed by atoms with Gasteiger partial charge in [-0.3, -0.25) is 4.79 Å². The van der Waals surface area contributed by atoms with E-state index in [-0.39, 0.29) is 30.6 Å². The number of nitrogens with one attached hydrogen (secondary N) is 2. The second kappa shape index (κ2) is 10.5. The van der Waals surface area contributed by atoms with Gasteiger partial charge in [0, 0.05) is 25.2 Å². The third-order valence-electron chi connectivity index (χ3n) is 5.54. The lowest BCUT2D eigenvalue weighted by atomic mass is 9.87. The number of fused-ring (bicyclic) bond motifs is 1. The lowest BCUT2D eigenvalue weighted by Gasteiger charge is -2.27. The van der Waals surface area contributed by atoms with E-state index in [1.54, 1.807) is 0 Å². The molecule has 32 heavy (non-hydrogen) atoms. The summed E-state index contributed by atoms with van der Waals surface area (Å²) in [5.41, 5.74) is 1.62. The van der Waals surface area contributed by atoms with Crippen molar-refractivity contribution < 1.29 is 22.8 Å². The number of aryl methyl sites for hydroxylation is 1. The zero-order chi connectivity index (χ0) is 23.1. The number of hydrogen-bond acceptors (Lipinski definition) is 2. The van der Waals surface area contributed by atoms with Crippen molar-refractivity contribution in [3.05, 3.63) is 65.2 Å². The maximum Gasteiger partial charge on any atom is 0.416 e. The van der Waals surface area contributed by atoms with Crippen LogP contribution < -0.4 is 10.6 Å². The Labute approximate surface area is 186 Å². The second-order valence-electron chi connectivity index (χ2n) is 7.96. The average molecular weight is 448 g/mol. The van der Waals surface area contributed by atoms with Gasteiger partial charge in [0.15, 0.2) is 0 Å². The van der Waals surface area contributed by atoms with Gasteiger partial charge in [0.05, 0.1) is 11.6 Å². The summed E-state index contributed by atoms with van der Waals surface area (Å²) in [7, 11) is 0. The minimum absolute atomic E-state index is 0.0361. The van der Waals surface area contributed by atoms with E-state index in [4.69, 9.17) is 0 Å². The Balaban J connectivity index is 1.57. The van der Waals surface area contributed by atoms with E-state index in [9.17, 15) is 22.8 Å². The molecule has 0 saturated heterocycles. The van der Waals surface area contributed by atoms with Crippen LogP contribution in [-0.4, -0.2) is 29.9 Å². The van der Waals surface area contributed by atoms with Gasteiger partial charge in [0.25, 0.3) is 0 Å². The quantitative estimate of drug-likeness (QED) is 0.586. The van der Waals surface area contributed by atoms with Crippen LogP contribution in [0.4, 0.5) is 23.7 Å². The molecule has 2 aromatic rings. The molecule has 0 aromatic heterocycles. The van der Waals surface area contributed by atoms with Crippen molar-refractivity contribution in [1.82, 2.24) is 10.2 Å². The molecular weight excluding hydrogens is 419 g/mol. The number of alkyl halides is 3. The van der Waals surface area contributed by atoms with Crippen LogP contribution in [0.15, 0.2) is 48.5 Å². The first kappa shape index (κ1) is 23.6. The molecule has 0 radical (unpaired) electrons. The largest absolute Gasteiger partial charge is 0.416 e. The number of halogens is 3. The maximum absolute atomic E-state index is 12.9. The van der Waals surface area contributed by atoms with Crippen molar-refractivity contribution >= 4 is 17.6 Å². The molecule has 0 heterocycles. The predicted molar refractivity (Wildman–Crippen MR) is 117 cm³/mol. The molecular formula is C24H28F3N3O2. The Hall–Kier alpha value is -3.03. The number of anilines is 1. The van der Waals surface area contributed by atoms with Crippen LogP contribution in [0.3, 0.4) is 0 Å². The number of amides is 3. The lowest BCUT2D eigenvalue weighted by Crippen LogP contribution is -2.39. The van der Waals surface area contributed by atoms with Crippen LogP contribution in [0.5, 0.6) is 0 Å². The first-order chi connectivity index (χ1) is 15.3. The van der Waals surface area contributed by atoms with Crippen LogP contribution in [0, 0.1) is 0 Å². The van der Waals surface area contributed by atoms with Gasteiger partial charge >= 0.3 is 12.2 Å². The molecule has 172 valence electrons. The first-order valence-corrected chi connectivity index (χ1v) is 10.9. The van der Waals surface area contributed by atoms with Gasteiger partial charge in [-0.15, -0.1) is 0 Å². The minimum atomic E-state index is -4.49. The second-order valence-corrected chi connectivity index (χ2v) is 7.96. The highest BCUT2D eigenvalue weighted by Gasteiger charge is 2.30. The predicted octanol–water partition coefficient (Wildman–Crippen LogP) is 5.53. The fourth-order valence-corrected chi connectivity index (χ4v) is 3.97. The van der Waals surface area contributed by atoms with Crippen LogP contribution in [0.1, 0.15) is 55.3 Å². The molecule has 1 unspecified atom stereocenters. The molecule has 2 N–H and O–H groups in total. The number of urea groups is 1. The maximum atomic E-state index is 12.9. The van der Waals surface area contributed by atoms with Crippen molar-refractivity contribution in [3.8, 4) is 0 Å². The van der Waals surface area contributed by atoms with E-state index in [2.05, 4.69) is 16.7 Å². The van der Waals surface area contributed by atoms with Crippen LogP contribution in [0.2, 0.25) is 0 Å². The number of hydrogen-bond donors (Lipinski definition) is 2. The Kier molecular flexibility index (Phi) is 7.77. The minimum Gasteiger partial charge on any atom is -0.349 e. The van der Waals surface area contributed by atoms with Gasteiger partial charge in [0.2, 0.25) is 5.91 Å². The molecule has 1 aliphatic carbocycles. The van der Waals surface area contributed by atoms with E-state index in [0.29, 0.717) is 13.0 Å². The van der Waals surface area contributed by atoms with E-state index >= 15 is 0 Å². The average Bonchev–Trinajstić information content (AvgIpc) is 2.76. The Morgan fingerprint density at radius 1 is 1.09 bits per heavy atom. The fourth-order valence-electron chi connectivity index (χ4n) is 3.97. The molecule has 3 rings (SSSR count). The standard InChI is InChI=1S/C24H28F3N3O2/c1-2-14-30(23(32)28-19-10-6-9-18(16-19)24(25,26)27)15-13-22(31)29-21-12-5-8-17-7-3-4-11-20(17)21/h3-4,6-7,9-11,16,21H,2,5,8,12-15H2,1H3,(H,28,32)(H,29,31). The molecule has 3 amide bonds. The summed E-state index contributed by atoms with van der Waals surface area (Å²) in [4.78, 5) is 26.7. The highest BCUT2D eigenvalue weighted by Crippen LogP contribution is 2.31. The Morgan fingerprint density at radius 3 is 2.62 bits per heavy atom. The van der Waals surface area contributed by atoms with Crippen molar-refractivity contribution in [2.75, 3.05) is 18.4 Å². The zero-order valence-corrected chi connectivity index (χ0v) is 18.0. The van der Waals surface area contributed by atoms with E-state index in [0.717, 1.165) is 37.0 Å². The van der Waals surface area contributed by atoms with E-state index in [1.165, 1.54) is 22.6 Å². The number of nitrogens with zero attached hydrogens (tertiary/aromatic N) is 1. The van der Waals surface area contributed by atoms with Crippen molar-refractivity contribution in [2.45, 2.75) is 51.2 Å². The topological polar surface area (TPSA) is 61.4 Å². The van der Waals surface area contributed by atoms with Crippen LogP contribution in [0.25, 0.3) is 0 Å². The number of carbonyl (C=O) groups excluding carboxylic acids is 2. The molecule has 8 heteroatoms. The molecule has 0 fully saturated rings. The molecule has 1 atom stereocenters. The van der Waals surface area contributed by atoms with Gasteiger partial charge in [-0.2, -0.15) is 13.2 Å². The van der Waals surface area contributed by atoms with Gasteiger partial charge in [0.1, 0.15) is 0 Å². The summed E-state index contributed by atoms with van der Waals surface area (Å²) < 4.78 is 38.7. The van der Waals surface area contributed by atoms with E-state index in [1.807, 2.05) is 25.1 Å². The summed E-state index contributed by atoms with van der Waals surface area (Å²) >= 11 is 0. The van der Waals surface area contributed by atoms with Gasteiger partial charge in [-0.25, -0.2) is 4.79 Å². The summed E-state index contributed by atoms with van der Waals surface area (Å²) in [5, 5.41) is 5.58. The highest BCUT2D eigenvalue weighted by atomic mass is 19.4. The summed E-state index contributed by atoms with van der Waals surface area (Å²) in [6, 6.07) is 12.0. The monoisotopic (exact) mass is 447 g/mol. The normalized spacial score (nSPS) is 15.6. The molecule has 5 nitrogen and oxygen atoms in total. The summed E-state index contributed by atoms with van der Waals surface area (Å²) in [6.07, 6.45) is -0.828. The Bertz CT molecular complexity index is 946. The SMILES string of the molecule is CCCN(CCC(=O)NC1CCCc2ccccc21)C(=O)Nc1cccc(C(F)(F)F)c1. The van der Waals surface area contributed by atoms with Crippen molar-refractivity contribution in [3.63, 3.8) is 0 Å². The zero-order valence-electron chi connectivity index (χ0n) is 18.0. The number of rotatable bonds is 7. The van der Waals surface area contributed by atoms with E-state index < -0.39 is 17.8 Å². The molecule has 1 aliphatic rings. The molecule has 2 aromatic carbocycles. The van der Waals surface area contributed by atoms with Gasteiger partial charge in [-0.1, -0.05) is 37.3 Å². The van der Waals surface area contributed by atoms with Gasteiger partial charge in [-0.05, 0) is 55.0 Å². The molecule has 0 spiro atoms. The molecule has 0 aliphatic heterocycles. The van der Waals surface area contributed by atoms with Crippen LogP contribution >= 0.6 is 0 Å². The summed E-state index contributed by atoms with van der Waals surface area (Å²) in [6.45, 7) is 2.47. The Morgan fingerprint density at radius 2 is 1.88 bits per heavy atom. The van der Waals surface area contributed by atoms with Gasteiger partial charge < -0.3 is 15.5 Å². The highest BCUT2D eigenvalue weighted by molar-refractivity contribution is 5.89. The molecule has 0 bridgehead atoms. The number of benzene rings is 2. The fraction of sp³-hybridized carbons (Fsp3) is 0.417. The lowest BCUT2D eigenvalue weighted by molar-refractivity contribution is -0.137. The van der Waals surface area contributed by atoms with Crippen molar-refractivity contribution in [2.24, 2.45) is 0 Å². The summed E-state index contributed by atoms with van der Waals surface area (Å²) in [5.74, 6) is -0.153. The van der Waals surface area contributed by atoms with Crippen LogP contribution in [-0.2, 0) is 17.4 Å².